The average Bonchev–Trinajstić information content (AvgIpc) is 2.53. The van der Waals surface area contributed by atoms with Gasteiger partial charge in [-0.3, -0.25) is 9.79 Å². The van der Waals surface area contributed by atoms with Crippen LogP contribution in [0.3, 0.4) is 0 Å². The lowest BCUT2D eigenvalue weighted by Crippen LogP contribution is -2.15. The number of benzene rings is 1. The minimum absolute atomic E-state index is 0.222. The molecule has 1 amide bonds. The highest BCUT2D eigenvalue weighted by molar-refractivity contribution is 9.10. The number of rotatable bonds is 5. The highest BCUT2D eigenvalue weighted by atomic mass is 79.9. The zero-order valence-electron chi connectivity index (χ0n) is 15.3. The van der Waals surface area contributed by atoms with Crippen LogP contribution in [0.15, 0.2) is 39.8 Å². The van der Waals surface area contributed by atoms with Gasteiger partial charge in [-0.1, -0.05) is 61.8 Å². The van der Waals surface area contributed by atoms with Crippen molar-refractivity contribution in [3.63, 3.8) is 0 Å². The number of nitrogens with zero attached hydrogens (tertiary/aromatic N) is 2. The summed E-state index contributed by atoms with van der Waals surface area (Å²) in [6.07, 6.45) is 0. The van der Waals surface area contributed by atoms with Crippen molar-refractivity contribution in [1.82, 2.24) is 4.98 Å². The lowest BCUT2D eigenvalue weighted by Gasteiger charge is -2.17. The number of hydrogen-bond acceptors (Lipinski definition) is 3. The van der Waals surface area contributed by atoms with Crippen molar-refractivity contribution in [2.75, 3.05) is 0 Å². The van der Waals surface area contributed by atoms with Gasteiger partial charge in [0, 0.05) is 4.47 Å². The van der Waals surface area contributed by atoms with Gasteiger partial charge in [0.2, 0.25) is 0 Å². The number of primary amides is 1. The highest BCUT2D eigenvalue weighted by Gasteiger charge is 2.15. The van der Waals surface area contributed by atoms with Crippen LogP contribution in [0.1, 0.15) is 73.8 Å². The predicted molar refractivity (Wildman–Crippen MR) is 107 cm³/mol. The summed E-state index contributed by atoms with van der Waals surface area (Å²) in [4.78, 5) is 20.7. The predicted octanol–water partition coefficient (Wildman–Crippen LogP) is 5.33. The van der Waals surface area contributed by atoms with Crippen LogP contribution in [-0.2, 0) is 0 Å². The molecule has 1 aromatic carbocycles. The Kier molecular flexibility index (Phi) is 6.11. The molecule has 0 atom stereocenters. The van der Waals surface area contributed by atoms with Gasteiger partial charge >= 0.3 is 0 Å². The summed E-state index contributed by atoms with van der Waals surface area (Å²) >= 11 is 3.41. The molecule has 0 saturated carbocycles. The number of carbonyl (C=O) groups is 1. The van der Waals surface area contributed by atoms with E-state index in [-0.39, 0.29) is 5.69 Å². The second kappa shape index (κ2) is 7.91. The zero-order valence-corrected chi connectivity index (χ0v) is 16.9. The normalized spacial score (nSPS) is 12.1. The van der Waals surface area contributed by atoms with Gasteiger partial charge < -0.3 is 5.73 Å². The molecule has 0 aliphatic heterocycles. The summed E-state index contributed by atoms with van der Waals surface area (Å²) < 4.78 is 0.752. The molecule has 4 nitrogen and oxygen atoms in total. The summed E-state index contributed by atoms with van der Waals surface area (Å²) in [6.45, 7) is 10.6. The van der Waals surface area contributed by atoms with E-state index in [1.54, 1.807) is 6.07 Å². The lowest BCUT2D eigenvalue weighted by atomic mass is 9.93. The Morgan fingerprint density at radius 1 is 1.08 bits per heavy atom. The average molecular weight is 402 g/mol. The van der Waals surface area contributed by atoms with Crippen molar-refractivity contribution < 1.29 is 4.79 Å². The first-order valence-corrected chi connectivity index (χ1v) is 9.15. The maximum Gasteiger partial charge on any atom is 0.267 e. The number of nitrogens with two attached hydrogens (primary N) is 1. The number of aromatic nitrogens is 1. The van der Waals surface area contributed by atoms with Gasteiger partial charge in [0.05, 0.1) is 17.1 Å². The van der Waals surface area contributed by atoms with Gasteiger partial charge in [-0.2, -0.15) is 0 Å². The van der Waals surface area contributed by atoms with Gasteiger partial charge in [0.1, 0.15) is 5.69 Å². The molecule has 0 radical (unpaired) electrons. The van der Waals surface area contributed by atoms with Crippen LogP contribution in [-0.4, -0.2) is 16.6 Å². The van der Waals surface area contributed by atoms with E-state index in [2.05, 4.69) is 66.8 Å². The minimum atomic E-state index is -0.555. The molecule has 25 heavy (non-hydrogen) atoms. The van der Waals surface area contributed by atoms with Crippen LogP contribution in [0, 0.1) is 0 Å². The van der Waals surface area contributed by atoms with Crippen molar-refractivity contribution in [1.29, 1.82) is 0 Å². The molecular weight excluding hydrogens is 378 g/mol. The number of para-hydroxylation sites is 1. The highest BCUT2D eigenvalue weighted by Crippen LogP contribution is 2.35. The summed E-state index contributed by atoms with van der Waals surface area (Å²) in [7, 11) is 0. The van der Waals surface area contributed by atoms with E-state index < -0.39 is 5.91 Å². The van der Waals surface area contributed by atoms with Crippen molar-refractivity contribution in [3.05, 3.63) is 57.3 Å². The quantitative estimate of drug-likeness (QED) is 0.687. The van der Waals surface area contributed by atoms with Crippen molar-refractivity contribution >= 4 is 33.2 Å². The molecule has 0 bridgehead atoms. The fraction of sp³-hybridized carbons (Fsp3) is 0.350. The fourth-order valence-electron chi connectivity index (χ4n) is 2.67. The molecule has 2 N–H and O–H groups in total. The van der Waals surface area contributed by atoms with Crippen LogP contribution in [0.2, 0.25) is 0 Å². The van der Waals surface area contributed by atoms with Gasteiger partial charge in [0.15, 0.2) is 0 Å². The van der Waals surface area contributed by atoms with E-state index in [1.807, 2.05) is 13.0 Å². The molecule has 0 spiro atoms. The van der Waals surface area contributed by atoms with E-state index in [4.69, 9.17) is 10.7 Å². The van der Waals surface area contributed by atoms with E-state index >= 15 is 0 Å². The molecular formula is C20H24BrN3O. The Bertz CT molecular complexity index is 799. The van der Waals surface area contributed by atoms with E-state index in [9.17, 15) is 4.79 Å². The van der Waals surface area contributed by atoms with E-state index in [0.29, 0.717) is 17.5 Å². The van der Waals surface area contributed by atoms with Gasteiger partial charge in [-0.25, -0.2) is 4.98 Å². The second-order valence-corrected chi connectivity index (χ2v) is 7.63. The molecule has 0 aliphatic carbocycles. The third-order valence-corrected chi connectivity index (χ3v) is 4.49. The Labute approximate surface area is 157 Å². The standard InChI is InChI=1S/C20H24BrN3O/c1-11(2)15-7-6-8-16(12(3)4)19(15)23-13(5)17-9-14(21)10-18(24-17)20(22)25/h6-12H,1-5H3,(H2,22,25). The van der Waals surface area contributed by atoms with Crippen LogP contribution >= 0.6 is 15.9 Å². The monoisotopic (exact) mass is 401 g/mol. The van der Waals surface area contributed by atoms with E-state index in [0.717, 1.165) is 15.9 Å². The topological polar surface area (TPSA) is 68.3 Å². The third kappa shape index (κ3) is 4.54. The largest absolute Gasteiger partial charge is 0.364 e. The Morgan fingerprint density at radius 2 is 1.60 bits per heavy atom. The Morgan fingerprint density at radius 3 is 2.08 bits per heavy atom. The number of halogens is 1. The molecule has 132 valence electrons. The summed E-state index contributed by atoms with van der Waals surface area (Å²) in [6, 6.07) is 9.78. The van der Waals surface area contributed by atoms with Crippen LogP contribution in [0.25, 0.3) is 0 Å². The maximum atomic E-state index is 11.5. The first-order valence-electron chi connectivity index (χ1n) is 8.36. The van der Waals surface area contributed by atoms with Crippen LogP contribution < -0.4 is 5.73 Å². The first kappa shape index (κ1) is 19.3. The number of aliphatic imine (C=N–C) groups is 1. The molecule has 0 aliphatic rings. The van der Waals surface area contributed by atoms with Gasteiger partial charge in [0.25, 0.3) is 5.91 Å². The fourth-order valence-corrected chi connectivity index (χ4v) is 3.11. The third-order valence-electron chi connectivity index (χ3n) is 4.04. The smallest absolute Gasteiger partial charge is 0.267 e. The SMILES string of the molecule is CC(=Nc1c(C(C)C)cccc1C(C)C)c1cc(Br)cc(C(N)=O)n1. The van der Waals surface area contributed by atoms with Crippen molar-refractivity contribution in [3.8, 4) is 0 Å². The Hall–Kier alpha value is -2.01. The summed E-state index contributed by atoms with van der Waals surface area (Å²) in [5, 5.41) is 0. The van der Waals surface area contributed by atoms with E-state index in [1.165, 1.54) is 11.1 Å². The summed E-state index contributed by atoms with van der Waals surface area (Å²) in [5.41, 5.74) is 10.4. The first-order chi connectivity index (χ1) is 11.7. The van der Waals surface area contributed by atoms with Gasteiger partial charge in [-0.15, -0.1) is 0 Å². The summed E-state index contributed by atoms with van der Waals surface area (Å²) in [5.74, 6) is 0.171. The number of amides is 1. The zero-order chi connectivity index (χ0) is 18.7. The van der Waals surface area contributed by atoms with Gasteiger partial charge in [-0.05, 0) is 42.0 Å². The van der Waals surface area contributed by atoms with Crippen molar-refractivity contribution in [2.45, 2.75) is 46.5 Å². The molecule has 1 heterocycles. The molecule has 1 aromatic heterocycles. The molecule has 0 saturated heterocycles. The molecule has 2 aromatic rings. The molecule has 0 unspecified atom stereocenters. The molecule has 2 rings (SSSR count). The molecule has 0 fully saturated rings. The number of carbonyl (C=O) groups excluding carboxylic acids is 1. The lowest BCUT2D eigenvalue weighted by molar-refractivity contribution is 0.0995. The Balaban J connectivity index is 2.62. The van der Waals surface area contributed by atoms with Crippen LogP contribution in [0.5, 0.6) is 0 Å². The number of hydrogen-bond donors (Lipinski definition) is 1. The second-order valence-electron chi connectivity index (χ2n) is 6.71. The van der Waals surface area contributed by atoms with Crippen LogP contribution in [0.4, 0.5) is 5.69 Å². The number of pyridine rings is 1. The minimum Gasteiger partial charge on any atom is -0.364 e. The van der Waals surface area contributed by atoms with Crippen molar-refractivity contribution in [2.24, 2.45) is 10.7 Å². The maximum absolute atomic E-state index is 11.5. The molecule has 5 heteroatoms.